The number of hydrogen-bond donors (Lipinski definition) is 1. The molecule has 2 aromatic rings. The first-order valence-electron chi connectivity index (χ1n) is 7.08. The van der Waals surface area contributed by atoms with Crippen LogP contribution in [0.15, 0.2) is 24.3 Å². The number of thiazole rings is 1. The van der Waals surface area contributed by atoms with Crippen molar-refractivity contribution in [2.75, 3.05) is 13.7 Å². The van der Waals surface area contributed by atoms with Crippen LogP contribution in [-0.2, 0) is 6.42 Å². The zero-order valence-corrected chi connectivity index (χ0v) is 14.4. The number of carbonyl (C=O) groups excluding carboxylic acids is 1. The molecule has 1 aromatic carbocycles. The van der Waals surface area contributed by atoms with E-state index in [4.69, 9.17) is 16.3 Å². The van der Waals surface area contributed by atoms with Gasteiger partial charge in [-0.25, -0.2) is 4.98 Å². The second kappa shape index (κ2) is 7.61. The van der Waals surface area contributed by atoms with Gasteiger partial charge in [-0.1, -0.05) is 37.6 Å². The molecule has 0 aliphatic rings. The third-order valence-electron chi connectivity index (χ3n) is 3.23. The van der Waals surface area contributed by atoms with Crippen molar-refractivity contribution in [3.8, 4) is 5.75 Å². The monoisotopic (exact) mass is 338 g/mol. The van der Waals surface area contributed by atoms with Gasteiger partial charge in [0.05, 0.1) is 7.11 Å². The van der Waals surface area contributed by atoms with Crippen LogP contribution in [0.1, 0.15) is 40.7 Å². The summed E-state index contributed by atoms with van der Waals surface area (Å²) in [6, 6.07) is 7.80. The molecule has 0 radical (unpaired) electrons. The average molecular weight is 339 g/mol. The smallest absolute Gasteiger partial charge is 0.271 e. The molecule has 0 saturated carbocycles. The number of hydrogen-bond acceptors (Lipinski definition) is 4. The Morgan fingerprint density at radius 3 is 2.64 bits per heavy atom. The molecule has 22 heavy (non-hydrogen) atoms. The fourth-order valence-corrected chi connectivity index (χ4v) is 3.18. The van der Waals surface area contributed by atoms with Crippen molar-refractivity contribution in [2.45, 2.75) is 26.2 Å². The highest BCUT2D eigenvalue weighted by molar-refractivity contribution is 7.16. The van der Waals surface area contributed by atoms with Crippen molar-refractivity contribution in [3.05, 3.63) is 44.9 Å². The Kier molecular flexibility index (Phi) is 5.80. The lowest BCUT2D eigenvalue weighted by molar-refractivity contribution is 0.0948. The lowest BCUT2D eigenvalue weighted by Gasteiger charge is -2.07. The van der Waals surface area contributed by atoms with Gasteiger partial charge in [-0.05, 0) is 30.0 Å². The molecule has 0 atom stereocenters. The summed E-state index contributed by atoms with van der Waals surface area (Å²) in [6.45, 7) is 4.60. The Labute approximate surface area is 139 Å². The van der Waals surface area contributed by atoms with Crippen LogP contribution in [0.2, 0.25) is 4.47 Å². The normalized spacial score (nSPS) is 10.8. The highest BCUT2D eigenvalue weighted by Gasteiger charge is 2.19. The molecule has 0 fully saturated rings. The minimum atomic E-state index is -0.166. The van der Waals surface area contributed by atoms with Gasteiger partial charge in [0.2, 0.25) is 0 Å². The Balaban J connectivity index is 1.92. The van der Waals surface area contributed by atoms with E-state index in [2.05, 4.69) is 10.3 Å². The van der Waals surface area contributed by atoms with Crippen molar-refractivity contribution in [1.82, 2.24) is 10.3 Å². The summed E-state index contributed by atoms with van der Waals surface area (Å²) in [4.78, 5) is 17.3. The summed E-state index contributed by atoms with van der Waals surface area (Å²) < 4.78 is 5.52. The van der Waals surface area contributed by atoms with Gasteiger partial charge in [-0.2, -0.15) is 0 Å². The van der Waals surface area contributed by atoms with Crippen molar-refractivity contribution < 1.29 is 9.53 Å². The van der Waals surface area contributed by atoms with Gasteiger partial charge >= 0.3 is 0 Å². The molecule has 2 rings (SSSR count). The highest BCUT2D eigenvalue weighted by atomic mass is 35.5. The number of rotatable bonds is 6. The Hall–Kier alpha value is -1.59. The number of amides is 1. The Morgan fingerprint density at radius 1 is 1.36 bits per heavy atom. The average Bonchev–Trinajstić information content (AvgIpc) is 2.90. The van der Waals surface area contributed by atoms with Gasteiger partial charge in [0.25, 0.3) is 5.91 Å². The van der Waals surface area contributed by atoms with Gasteiger partial charge in [-0.3, -0.25) is 4.79 Å². The van der Waals surface area contributed by atoms with E-state index in [1.165, 1.54) is 11.3 Å². The van der Waals surface area contributed by atoms with Crippen LogP contribution in [-0.4, -0.2) is 24.5 Å². The molecular weight excluding hydrogens is 320 g/mol. The fourth-order valence-electron chi connectivity index (χ4n) is 2.06. The summed E-state index contributed by atoms with van der Waals surface area (Å²) in [5, 5.41) is 2.90. The van der Waals surface area contributed by atoms with E-state index in [1.54, 1.807) is 7.11 Å². The summed E-state index contributed by atoms with van der Waals surface area (Å²) in [6.07, 6.45) is 0.755. The SMILES string of the molecule is COc1ccc(CCNC(=O)c2nc(Cl)sc2C(C)C)cc1. The quantitative estimate of drug-likeness (QED) is 0.869. The number of methoxy groups -OCH3 is 1. The summed E-state index contributed by atoms with van der Waals surface area (Å²) in [7, 11) is 1.64. The van der Waals surface area contributed by atoms with Gasteiger partial charge in [-0.15, -0.1) is 11.3 Å². The largest absolute Gasteiger partial charge is 0.497 e. The molecule has 0 aliphatic heterocycles. The second-order valence-electron chi connectivity index (χ2n) is 5.19. The van der Waals surface area contributed by atoms with E-state index in [0.29, 0.717) is 16.7 Å². The molecule has 1 heterocycles. The molecule has 0 spiro atoms. The molecule has 4 nitrogen and oxygen atoms in total. The third kappa shape index (κ3) is 4.21. The minimum Gasteiger partial charge on any atom is -0.497 e. The minimum absolute atomic E-state index is 0.166. The summed E-state index contributed by atoms with van der Waals surface area (Å²) in [5.74, 6) is 0.888. The molecule has 0 saturated heterocycles. The van der Waals surface area contributed by atoms with Gasteiger partial charge in [0, 0.05) is 11.4 Å². The van der Waals surface area contributed by atoms with Crippen molar-refractivity contribution in [1.29, 1.82) is 0 Å². The van der Waals surface area contributed by atoms with Crippen LogP contribution in [0.3, 0.4) is 0 Å². The predicted octanol–water partition coefficient (Wildman–Crippen LogP) is 3.90. The zero-order chi connectivity index (χ0) is 16.1. The van der Waals surface area contributed by atoms with Gasteiger partial charge < -0.3 is 10.1 Å². The molecule has 1 amide bonds. The van der Waals surface area contributed by atoms with E-state index in [-0.39, 0.29) is 11.8 Å². The Bertz CT molecular complexity index is 638. The topological polar surface area (TPSA) is 51.2 Å². The zero-order valence-electron chi connectivity index (χ0n) is 12.9. The molecule has 0 aliphatic carbocycles. The van der Waals surface area contributed by atoms with Crippen LogP contribution >= 0.6 is 22.9 Å². The standard InChI is InChI=1S/C16H19ClN2O2S/c1-10(2)14-13(19-16(17)22-14)15(20)18-9-8-11-4-6-12(21-3)7-5-11/h4-7,10H,8-9H2,1-3H3,(H,18,20). The maximum Gasteiger partial charge on any atom is 0.271 e. The first-order chi connectivity index (χ1) is 10.5. The van der Waals surface area contributed by atoms with Crippen LogP contribution in [0.25, 0.3) is 0 Å². The van der Waals surface area contributed by atoms with Crippen LogP contribution in [0.5, 0.6) is 5.75 Å². The Morgan fingerprint density at radius 2 is 2.05 bits per heavy atom. The molecule has 6 heteroatoms. The van der Waals surface area contributed by atoms with Crippen LogP contribution < -0.4 is 10.1 Å². The maximum absolute atomic E-state index is 12.2. The van der Waals surface area contributed by atoms with E-state index in [9.17, 15) is 4.79 Å². The lowest BCUT2D eigenvalue weighted by Crippen LogP contribution is -2.27. The predicted molar refractivity (Wildman–Crippen MR) is 90.2 cm³/mol. The number of nitrogens with one attached hydrogen (secondary N) is 1. The van der Waals surface area contributed by atoms with E-state index < -0.39 is 0 Å². The van der Waals surface area contributed by atoms with Crippen molar-refractivity contribution in [3.63, 3.8) is 0 Å². The van der Waals surface area contributed by atoms with Gasteiger partial charge in [0.1, 0.15) is 11.4 Å². The fraction of sp³-hybridized carbons (Fsp3) is 0.375. The van der Waals surface area contributed by atoms with Gasteiger partial charge in [0.15, 0.2) is 4.47 Å². The highest BCUT2D eigenvalue weighted by Crippen LogP contribution is 2.29. The van der Waals surface area contributed by atoms with E-state index in [0.717, 1.165) is 22.6 Å². The second-order valence-corrected chi connectivity index (χ2v) is 6.80. The first-order valence-corrected chi connectivity index (χ1v) is 8.28. The number of nitrogens with zero attached hydrogens (tertiary/aromatic N) is 1. The van der Waals surface area contributed by atoms with Crippen molar-refractivity contribution in [2.24, 2.45) is 0 Å². The lowest BCUT2D eigenvalue weighted by atomic mass is 10.1. The molecule has 0 unspecified atom stereocenters. The molecule has 1 N–H and O–H groups in total. The third-order valence-corrected chi connectivity index (χ3v) is 4.69. The van der Waals surface area contributed by atoms with Crippen LogP contribution in [0, 0.1) is 0 Å². The number of benzene rings is 1. The number of halogens is 1. The number of ether oxygens (including phenoxy) is 1. The summed E-state index contributed by atoms with van der Waals surface area (Å²) >= 11 is 7.29. The van der Waals surface area contributed by atoms with E-state index >= 15 is 0 Å². The summed E-state index contributed by atoms with van der Waals surface area (Å²) in [5.41, 5.74) is 1.58. The van der Waals surface area contributed by atoms with Crippen molar-refractivity contribution >= 4 is 28.8 Å². The molecule has 1 aromatic heterocycles. The molecular formula is C16H19ClN2O2S. The van der Waals surface area contributed by atoms with Crippen LogP contribution in [0.4, 0.5) is 0 Å². The first kappa shape index (κ1) is 16.8. The number of aromatic nitrogens is 1. The van der Waals surface area contributed by atoms with E-state index in [1.807, 2.05) is 38.1 Å². The number of carbonyl (C=O) groups is 1. The molecule has 118 valence electrons. The maximum atomic E-state index is 12.2. The molecule has 0 bridgehead atoms.